The number of rotatable bonds is 6. The summed E-state index contributed by atoms with van der Waals surface area (Å²) in [6.45, 7) is 12.5. The van der Waals surface area contributed by atoms with Crippen LogP contribution in [0, 0.1) is 0 Å². The second kappa shape index (κ2) is 10.0. The van der Waals surface area contributed by atoms with E-state index in [1.54, 1.807) is 0 Å². The molecule has 30 heavy (non-hydrogen) atoms. The molecule has 156 valence electrons. The van der Waals surface area contributed by atoms with Gasteiger partial charge in [-0.1, -0.05) is 61.7 Å². The molecule has 3 nitrogen and oxygen atoms in total. The Morgan fingerprint density at radius 1 is 0.967 bits per heavy atom. The Kier molecular flexibility index (Phi) is 6.93. The SMILES string of the molecule is C=C/C=C(\C=C)C(c1ccccc1)N1CCC(N2CCc3ccncc3CC2)CC1. The summed E-state index contributed by atoms with van der Waals surface area (Å²) in [5.41, 5.74) is 5.49. The maximum atomic E-state index is 4.33. The van der Waals surface area contributed by atoms with Gasteiger partial charge in [0.25, 0.3) is 0 Å². The minimum Gasteiger partial charge on any atom is -0.300 e. The minimum atomic E-state index is 0.252. The molecule has 1 unspecified atom stereocenters. The van der Waals surface area contributed by atoms with Gasteiger partial charge in [0.15, 0.2) is 0 Å². The van der Waals surface area contributed by atoms with Crippen LogP contribution in [0.25, 0.3) is 0 Å². The number of benzene rings is 1. The third-order valence-corrected chi connectivity index (χ3v) is 6.70. The van der Waals surface area contributed by atoms with Crippen molar-refractivity contribution in [3.05, 3.63) is 102 Å². The highest BCUT2D eigenvalue weighted by Crippen LogP contribution is 2.33. The Bertz CT molecular complexity index is 851. The third-order valence-electron chi connectivity index (χ3n) is 6.70. The van der Waals surface area contributed by atoms with Gasteiger partial charge in [0.2, 0.25) is 0 Å². The summed E-state index contributed by atoms with van der Waals surface area (Å²) in [5, 5.41) is 0. The van der Waals surface area contributed by atoms with Gasteiger partial charge in [0.1, 0.15) is 0 Å². The normalized spacial score (nSPS) is 20.2. The molecule has 0 saturated carbocycles. The number of nitrogens with zero attached hydrogens (tertiary/aromatic N) is 3. The third kappa shape index (κ3) is 4.63. The first-order chi connectivity index (χ1) is 14.8. The maximum absolute atomic E-state index is 4.33. The van der Waals surface area contributed by atoms with Crippen molar-refractivity contribution in [1.29, 1.82) is 0 Å². The zero-order valence-corrected chi connectivity index (χ0v) is 17.9. The van der Waals surface area contributed by atoms with E-state index in [9.17, 15) is 0 Å². The van der Waals surface area contributed by atoms with Gasteiger partial charge in [0.05, 0.1) is 6.04 Å². The summed E-state index contributed by atoms with van der Waals surface area (Å²) in [6.07, 6.45) is 14.7. The van der Waals surface area contributed by atoms with Crippen LogP contribution in [0.4, 0.5) is 0 Å². The smallest absolute Gasteiger partial charge is 0.0601 e. The van der Waals surface area contributed by atoms with Crippen LogP contribution in [0.1, 0.15) is 35.6 Å². The van der Waals surface area contributed by atoms with E-state index in [1.165, 1.54) is 35.1 Å². The van der Waals surface area contributed by atoms with Crippen molar-refractivity contribution in [3.8, 4) is 0 Å². The van der Waals surface area contributed by atoms with Crippen molar-refractivity contribution in [2.24, 2.45) is 0 Å². The van der Waals surface area contributed by atoms with Crippen molar-refractivity contribution in [1.82, 2.24) is 14.8 Å². The molecular weight excluding hydrogens is 366 g/mol. The predicted octanol–water partition coefficient (Wildman–Crippen LogP) is 4.99. The molecular formula is C27H33N3. The molecule has 0 N–H and O–H groups in total. The zero-order valence-electron chi connectivity index (χ0n) is 17.9. The first kappa shape index (κ1) is 20.8. The van der Waals surface area contributed by atoms with Crippen molar-refractivity contribution >= 4 is 0 Å². The average Bonchev–Trinajstić information content (AvgIpc) is 3.03. The fourth-order valence-corrected chi connectivity index (χ4v) is 5.10. The van der Waals surface area contributed by atoms with Crippen LogP contribution < -0.4 is 0 Å². The van der Waals surface area contributed by atoms with Crippen LogP contribution in [0.3, 0.4) is 0 Å². The number of hydrogen-bond donors (Lipinski definition) is 0. The molecule has 1 aromatic heterocycles. The number of hydrogen-bond acceptors (Lipinski definition) is 3. The maximum Gasteiger partial charge on any atom is 0.0601 e. The highest BCUT2D eigenvalue weighted by atomic mass is 15.2. The van der Waals surface area contributed by atoms with E-state index >= 15 is 0 Å². The molecule has 0 spiro atoms. The van der Waals surface area contributed by atoms with E-state index in [0.717, 1.165) is 39.0 Å². The van der Waals surface area contributed by atoms with E-state index in [0.29, 0.717) is 6.04 Å². The largest absolute Gasteiger partial charge is 0.300 e. The molecule has 0 radical (unpaired) electrons. The van der Waals surface area contributed by atoms with Crippen LogP contribution in [0.5, 0.6) is 0 Å². The van der Waals surface area contributed by atoms with Crippen molar-refractivity contribution < 1.29 is 0 Å². The van der Waals surface area contributed by atoms with Crippen LogP contribution in [0.2, 0.25) is 0 Å². The monoisotopic (exact) mass is 399 g/mol. The summed E-state index contributed by atoms with van der Waals surface area (Å²) in [4.78, 5) is 9.68. The van der Waals surface area contributed by atoms with E-state index in [1.807, 2.05) is 18.3 Å². The van der Waals surface area contributed by atoms with Gasteiger partial charge in [-0.05, 0) is 54.0 Å². The van der Waals surface area contributed by atoms with Crippen molar-refractivity contribution in [2.75, 3.05) is 26.2 Å². The summed E-state index contributed by atoms with van der Waals surface area (Å²) >= 11 is 0. The molecule has 1 atom stereocenters. The molecule has 3 heterocycles. The van der Waals surface area contributed by atoms with Crippen molar-refractivity contribution in [3.63, 3.8) is 0 Å². The van der Waals surface area contributed by atoms with Crippen molar-refractivity contribution in [2.45, 2.75) is 37.8 Å². The lowest BCUT2D eigenvalue weighted by Crippen LogP contribution is -2.47. The Balaban J connectivity index is 1.44. The van der Waals surface area contributed by atoms with E-state index in [2.05, 4.69) is 76.6 Å². The fourth-order valence-electron chi connectivity index (χ4n) is 5.10. The Hall–Kier alpha value is -2.49. The summed E-state index contributed by atoms with van der Waals surface area (Å²) in [5.74, 6) is 0. The Labute approximate surface area is 181 Å². The molecule has 4 rings (SSSR count). The van der Waals surface area contributed by atoms with E-state index < -0.39 is 0 Å². The first-order valence-electron chi connectivity index (χ1n) is 11.2. The van der Waals surface area contributed by atoms with Gasteiger partial charge in [-0.2, -0.15) is 0 Å². The average molecular weight is 400 g/mol. The zero-order chi connectivity index (χ0) is 20.8. The second-order valence-corrected chi connectivity index (χ2v) is 8.37. The lowest BCUT2D eigenvalue weighted by Gasteiger charge is -2.42. The first-order valence-corrected chi connectivity index (χ1v) is 11.2. The quantitative estimate of drug-likeness (QED) is 0.638. The van der Waals surface area contributed by atoms with Crippen LogP contribution in [0.15, 0.2) is 85.8 Å². The van der Waals surface area contributed by atoms with Gasteiger partial charge in [0, 0.05) is 44.6 Å². The lowest BCUT2D eigenvalue weighted by atomic mass is 9.93. The number of piperidine rings is 1. The molecule has 3 heteroatoms. The summed E-state index contributed by atoms with van der Waals surface area (Å²) in [6, 6.07) is 14.0. The molecule has 2 aliphatic heterocycles. The summed E-state index contributed by atoms with van der Waals surface area (Å²) < 4.78 is 0. The highest BCUT2D eigenvalue weighted by Gasteiger charge is 2.30. The number of allylic oxidation sites excluding steroid dienone is 2. The fraction of sp³-hybridized carbons (Fsp3) is 0.370. The number of fused-ring (bicyclic) bond motifs is 1. The highest BCUT2D eigenvalue weighted by molar-refractivity contribution is 5.35. The van der Waals surface area contributed by atoms with Gasteiger partial charge < -0.3 is 0 Å². The number of pyridine rings is 1. The van der Waals surface area contributed by atoms with Crippen LogP contribution >= 0.6 is 0 Å². The van der Waals surface area contributed by atoms with E-state index in [-0.39, 0.29) is 6.04 Å². The molecule has 1 fully saturated rings. The molecule has 1 saturated heterocycles. The minimum absolute atomic E-state index is 0.252. The van der Waals surface area contributed by atoms with Gasteiger partial charge in [-0.15, -0.1) is 0 Å². The molecule has 2 aromatic rings. The van der Waals surface area contributed by atoms with Gasteiger partial charge in [-0.25, -0.2) is 0 Å². The molecule has 1 aromatic carbocycles. The molecule has 2 aliphatic rings. The topological polar surface area (TPSA) is 19.4 Å². The predicted molar refractivity (Wildman–Crippen MR) is 125 cm³/mol. The van der Waals surface area contributed by atoms with Gasteiger partial charge >= 0.3 is 0 Å². The lowest BCUT2D eigenvalue weighted by molar-refractivity contribution is 0.0952. The number of aromatic nitrogens is 1. The summed E-state index contributed by atoms with van der Waals surface area (Å²) in [7, 11) is 0. The molecule has 0 aliphatic carbocycles. The Morgan fingerprint density at radius 3 is 2.40 bits per heavy atom. The van der Waals surface area contributed by atoms with E-state index in [4.69, 9.17) is 0 Å². The number of likely N-dealkylation sites (tertiary alicyclic amines) is 1. The standard InChI is InChI=1S/C27H33N3/c1-3-8-22(4-2)27(24-9-6-5-7-10-24)30-19-14-26(15-20-30)29-17-12-23-11-16-28-21-25(23)13-18-29/h3-11,16,21,26-27H,1-2,12-15,17-20H2/b22-8+. The van der Waals surface area contributed by atoms with Crippen LogP contribution in [-0.4, -0.2) is 47.0 Å². The Morgan fingerprint density at radius 2 is 1.70 bits per heavy atom. The van der Waals surface area contributed by atoms with Crippen LogP contribution in [-0.2, 0) is 12.8 Å². The molecule has 0 amide bonds. The van der Waals surface area contributed by atoms with Gasteiger partial charge in [-0.3, -0.25) is 14.8 Å². The molecule has 0 bridgehead atoms. The second-order valence-electron chi connectivity index (χ2n) is 8.37.